The van der Waals surface area contributed by atoms with Gasteiger partial charge in [-0.3, -0.25) is 9.59 Å². The number of carbonyl (C=O) groups excluding carboxylic acids is 2. The molecule has 4 nitrogen and oxygen atoms in total. The van der Waals surface area contributed by atoms with Gasteiger partial charge in [-0.05, 0) is 91.3 Å². The SMILES string of the molecule is O=C(N[C@@H](CCC[C@H]1C[C@@H]1c1ccc(F)cc1)C(=O)N1CCCCC1)c1ccc(-c2ccccc2)cc1. The van der Waals surface area contributed by atoms with Crippen LogP contribution >= 0.6 is 0 Å². The lowest BCUT2D eigenvalue weighted by molar-refractivity contribution is -0.134. The summed E-state index contributed by atoms with van der Waals surface area (Å²) in [5, 5.41) is 3.06. The number of rotatable bonds is 9. The van der Waals surface area contributed by atoms with Crippen molar-refractivity contribution in [3.05, 3.63) is 95.8 Å². The van der Waals surface area contributed by atoms with Gasteiger partial charge in [0.15, 0.2) is 0 Å². The highest BCUT2D eigenvalue weighted by molar-refractivity contribution is 5.98. The normalized spacial score (nSPS) is 19.8. The molecule has 192 valence electrons. The van der Waals surface area contributed by atoms with Crippen LogP contribution in [0.2, 0.25) is 0 Å². The monoisotopic (exact) mass is 498 g/mol. The molecule has 1 aliphatic heterocycles. The van der Waals surface area contributed by atoms with E-state index in [9.17, 15) is 14.0 Å². The molecule has 0 bridgehead atoms. The van der Waals surface area contributed by atoms with Crippen molar-refractivity contribution in [1.29, 1.82) is 0 Å². The summed E-state index contributed by atoms with van der Waals surface area (Å²) in [4.78, 5) is 28.5. The summed E-state index contributed by atoms with van der Waals surface area (Å²) in [6.07, 6.45) is 6.82. The third kappa shape index (κ3) is 6.46. The zero-order valence-corrected chi connectivity index (χ0v) is 21.2. The van der Waals surface area contributed by atoms with E-state index >= 15 is 0 Å². The van der Waals surface area contributed by atoms with E-state index in [-0.39, 0.29) is 17.6 Å². The Bertz CT molecular complexity index is 1190. The zero-order valence-electron chi connectivity index (χ0n) is 21.2. The van der Waals surface area contributed by atoms with Gasteiger partial charge in [-0.15, -0.1) is 0 Å². The number of amides is 2. The van der Waals surface area contributed by atoms with E-state index in [0.717, 1.165) is 62.7 Å². The van der Waals surface area contributed by atoms with E-state index in [2.05, 4.69) is 5.32 Å². The fourth-order valence-corrected chi connectivity index (χ4v) is 5.55. The Morgan fingerprint density at radius 3 is 2.24 bits per heavy atom. The van der Waals surface area contributed by atoms with Crippen LogP contribution in [-0.4, -0.2) is 35.8 Å². The summed E-state index contributed by atoms with van der Waals surface area (Å²) in [6.45, 7) is 1.54. The van der Waals surface area contributed by atoms with Gasteiger partial charge < -0.3 is 10.2 Å². The molecule has 2 aliphatic rings. The van der Waals surface area contributed by atoms with Crippen LogP contribution in [0.1, 0.15) is 66.8 Å². The second-order valence-corrected chi connectivity index (χ2v) is 10.4. The highest BCUT2D eigenvalue weighted by atomic mass is 19.1. The molecule has 1 saturated carbocycles. The number of halogens is 1. The Morgan fingerprint density at radius 1 is 0.865 bits per heavy atom. The van der Waals surface area contributed by atoms with Crippen LogP contribution in [-0.2, 0) is 4.79 Å². The van der Waals surface area contributed by atoms with Gasteiger partial charge in [-0.1, -0.05) is 61.0 Å². The first-order chi connectivity index (χ1) is 18.1. The number of piperidine rings is 1. The molecule has 3 atom stereocenters. The summed E-state index contributed by atoms with van der Waals surface area (Å²) in [5.41, 5.74) is 3.92. The van der Waals surface area contributed by atoms with E-state index < -0.39 is 6.04 Å². The van der Waals surface area contributed by atoms with Crippen LogP contribution in [0, 0.1) is 11.7 Å². The number of hydrogen-bond acceptors (Lipinski definition) is 2. The van der Waals surface area contributed by atoms with Crippen LogP contribution in [0.4, 0.5) is 4.39 Å². The highest BCUT2D eigenvalue weighted by Gasteiger charge is 2.38. The minimum atomic E-state index is -0.512. The van der Waals surface area contributed by atoms with Gasteiger partial charge in [0.05, 0.1) is 0 Å². The van der Waals surface area contributed by atoms with Gasteiger partial charge in [0.25, 0.3) is 5.91 Å². The fourth-order valence-electron chi connectivity index (χ4n) is 5.55. The molecule has 1 heterocycles. The first-order valence-electron chi connectivity index (χ1n) is 13.6. The van der Waals surface area contributed by atoms with Gasteiger partial charge in [-0.25, -0.2) is 4.39 Å². The molecular weight excluding hydrogens is 463 g/mol. The van der Waals surface area contributed by atoms with Crippen molar-refractivity contribution in [2.24, 2.45) is 5.92 Å². The van der Waals surface area contributed by atoms with Gasteiger partial charge in [-0.2, -0.15) is 0 Å². The molecule has 37 heavy (non-hydrogen) atoms. The first kappa shape index (κ1) is 25.2. The first-order valence-corrected chi connectivity index (χ1v) is 13.6. The Morgan fingerprint density at radius 2 is 1.54 bits per heavy atom. The van der Waals surface area contributed by atoms with Crippen LogP contribution in [0.3, 0.4) is 0 Å². The van der Waals surface area contributed by atoms with E-state index in [1.165, 1.54) is 17.7 Å². The second-order valence-electron chi connectivity index (χ2n) is 10.4. The van der Waals surface area contributed by atoms with E-state index in [1.54, 1.807) is 0 Å². The lowest BCUT2D eigenvalue weighted by atomic mass is 10.0. The number of nitrogens with one attached hydrogen (secondary N) is 1. The molecule has 3 aromatic carbocycles. The number of nitrogens with zero attached hydrogens (tertiary/aromatic N) is 1. The summed E-state index contributed by atoms with van der Waals surface area (Å²) >= 11 is 0. The van der Waals surface area contributed by atoms with E-state index in [0.29, 0.717) is 23.8 Å². The number of hydrogen-bond donors (Lipinski definition) is 1. The lowest BCUT2D eigenvalue weighted by Gasteiger charge is -2.31. The lowest BCUT2D eigenvalue weighted by Crippen LogP contribution is -2.50. The molecule has 2 fully saturated rings. The molecule has 1 aliphatic carbocycles. The summed E-state index contributed by atoms with van der Waals surface area (Å²) in [6, 6.07) is 23.9. The van der Waals surface area contributed by atoms with Gasteiger partial charge in [0.2, 0.25) is 5.91 Å². The molecule has 5 heteroatoms. The predicted molar refractivity (Wildman–Crippen MR) is 145 cm³/mol. The third-order valence-electron chi connectivity index (χ3n) is 7.81. The number of carbonyl (C=O) groups is 2. The van der Waals surface area contributed by atoms with Crippen LogP contribution in [0.15, 0.2) is 78.9 Å². The molecule has 0 spiro atoms. The molecule has 0 aromatic heterocycles. The average Bonchev–Trinajstić information content (AvgIpc) is 3.73. The zero-order chi connectivity index (χ0) is 25.6. The minimum absolute atomic E-state index is 0.0415. The summed E-state index contributed by atoms with van der Waals surface area (Å²) in [7, 11) is 0. The van der Waals surface area contributed by atoms with Crippen molar-refractivity contribution >= 4 is 11.8 Å². The molecule has 5 rings (SSSR count). The van der Waals surface area contributed by atoms with E-state index in [4.69, 9.17) is 0 Å². The van der Waals surface area contributed by atoms with Crippen LogP contribution in [0.25, 0.3) is 11.1 Å². The van der Waals surface area contributed by atoms with E-state index in [1.807, 2.05) is 71.6 Å². The second kappa shape index (κ2) is 11.7. The minimum Gasteiger partial charge on any atom is -0.341 e. The molecule has 1 N–H and O–H groups in total. The molecular formula is C32H35FN2O2. The van der Waals surface area contributed by atoms with Crippen LogP contribution < -0.4 is 5.32 Å². The maximum atomic E-state index is 13.4. The molecule has 0 radical (unpaired) electrons. The largest absolute Gasteiger partial charge is 0.341 e. The van der Waals surface area contributed by atoms with Crippen molar-refractivity contribution in [3.8, 4) is 11.1 Å². The maximum Gasteiger partial charge on any atom is 0.251 e. The van der Waals surface area contributed by atoms with Crippen molar-refractivity contribution in [3.63, 3.8) is 0 Å². The molecule has 1 saturated heterocycles. The van der Waals surface area contributed by atoms with Crippen molar-refractivity contribution in [1.82, 2.24) is 10.2 Å². The Hall–Kier alpha value is -3.47. The topological polar surface area (TPSA) is 49.4 Å². The van der Waals surface area contributed by atoms with Crippen molar-refractivity contribution < 1.29 is 14.0 Å². The van der Waals surface area contributed by atoms with Crippen molar-refractivity contribution in [2.45, 2.75) is 56.9 Å². The smallest absolute Gasteiger partial charge is 0.251 e. The molecule has 3 aromatic rings. The summed E-state index contributed by atoms with van der Waals surface area (Å²) < 4.78 is 13.2. The standard InChI is InChI=1S/C32H35FN2O2/c33-28-18-16-25(17-19-28)29-22-27(29)10-7-11-30(32(37)35-20-5-2-6-21-35)34-31(36)26-14-12-24(13-15-26)23-8-3-1-4-9-23/h1,3-4,8-9,12-19,27,29-30H,2,5-7,10-11,20-22H2,(H,34,36)/t27-,29+,30-/m0/s1. The van der Waals surface area contributed by atoms with Crippen LogP contribution in [0.5, 0.6) is 0 Å². The Labute approximate surface area is 218 Å². The number of likely N-dealkylation sites (tertiary alicyclic amines) is 1. The quantitative estimate of drug-likeness (QED) is 0.362. The third-order valence-corrected chi connectivity index (χ3v) is 7.81. The van der Waals surface area contributed by atoms with Gasteiger partial charge in [0, 0.05) is 18.7 Å². The van der Waals surface area contributed by atoms with Gasteiger partial charge in [0.1, 0.15) is 11.9 Å². The highest BCUT2D eigenvalue weighted by Crippen LogP contribution is 2.50. The maximum absolute atomic E-state index is 13.4. The summed E-state index contributed by atoms with van der Waals surface area (Å²) in [5.74, 6) is 0.683. The average molecular weight is 499 g/mol. The fraction of sp³-hybridized carbons (Fsp3) is 0.375. The van der Waals surface area contributed by atoms with Crippen molar-refractivity contribution in [2.75, 3.05) is 13.1 Å². The number of benzene rings is 3. The Kier molecular flexibility index (Phi) is 7.98. The molecule has 2 amide bonds. The Balaban J connectivity index is 1.20. The predicted octanol–water partition coefficient (Wildman–Crippen LogP) is 6.58. The molecule has 0 unspecified atom stereocenters. The van der Waals surface area contributed by atoms with Gasteiger partial charge >= 0.3 is 0 Å².